The summed E-state index contributed by atoms with van der Waals surface area (Å²) in [5.41, 5.74) is 2.00. The summed E-state index contributed by atoms with van der Waals surface area (Å²) in [7, 11) is 0. The van der Waals surface area contributed by atoms with E-state index in [1.54, 1.807) is 0 Å². The molecule has 1 saturated carbocycles. The first kappa shape index (κ1) is 19.3. The molecule has 0 bridgehead atoms. The van der Waals surface area contributed by atoms with Crippen LogP contribution in [-0.2, 0) is 10.2 Å². The minimum atomic E-state index is -0.637. The largest absolute Gasteiger partial charge is 0.338 e. The third kappa shape index (κ3) is 2.94. The van der Waals surface area contributed by atoms with E-state index in [0.29, 0.717) is 18.3 Å². The van der Waals surface area contributed by atoms with Gasteiger partial charge in [-0.1, -0.05) is 35.8 Å². The van der Waals surface area contributed by atoms with Gasteiger partial charge in [0.1, 0.15) is 12.1 Å². The van der Waals surface area contributed by atoms with Gasteiger partial charge in [-0.3, -0.25) is 4.79 Å². The van der Waals surface area contributed by atoms with E-state index in [-0.39, 0.29) is 27.1 Å². The van der Waals surface area contributed by atoms with Crippen LogP contribution in [0.25, 0.3) is 10.9 Å². The van der Waals surface area contributed by atoms with Crippen LogP contribution in [0, 0.1) is 11.7 Å². The fourth-order valence-corrected chi connectivity index (χ4v) is 4.75. The highest BCUT2D eigenvalue weighted by Gasteiger charge is 2.61. The average molecular weight is 443 g/mol. The van der Waals surface area contributed by atoms with Gasteiger partial charge < -0.3 is 10.2 Å². The average Bonchev–Trinajstić information content (AvgIpc) is 3.34. The van der Waals surface area contributed by atoms with Crippen LogP contribution in [0.3, 0.4) is 0 Å². The van der Waals surface area contributed by atoms with Crippen molar-refractivity contribution in [1.29, 1.82) is 0 Å². The lowest BCUT2D eigenvalue weighted by Crippen LogP contribution is -2.31. The molecule has 1 aromatic heterocycles. The molecule has 1 aliphatic carbocycles. The molecule has 1 saturated heterocycles. The summed E-state index contributed by atoms with van der Waals surface area (Å²) >= 11 is 11.8. The molecule has 5 rings (SSSR count). The van der Waals surface area contributed by atoms with Gasteiger partial charge >= 0.3 is 0 Å². The second kappa shape index (κ2) is 6.93. The maximum Gasteiger partial charge on any atom is 0.245 e. The number of amides is 1. The highest BCUT2D eigenvalue weighted by Crippen LogP contribution is 2.59. The zero-order valence-electron chi connectivity index (χ0n) is 15.8. The molecule has 2 aromatic carbocycles. The number of carbonyl (C=O) groups excluding carboxylic acids is 1. The van der Waals surface area contributed by atoms with E-state index in [2.05, 4.69) is 27.9 Å². The van der Waals surface area contributed by atoms with E-state index in [1.165, 1.54) is 24.5 Å². The zero-order valence-corrected chi connectivity index (χ0v) is 17.3. The number of likely N-dealkylation sites (tertiary alicyclic amines) is 1. The molecule has 1 amide bonds. The Kier molecular flexibility index (Phi) is 4.45. The fourth-order valence-electron chi connectivity index (χ4n) is 4.44. The summed E-state index contributed by atoms with van der Waals surface area (Å²) in [6.07, 6.45) is 3.83. The lowest BCUT2D eigenvalue weighted by molar-refractivity contribution is -0.125. The lowest BCUT2D eigenvalue weighted by Gasteiger charge is -2.20. The van der Waals surface area contributed by atoms with Gasteiger partial charge in [0.15, 0.2) is 5.82 Å². The molecular formula is C22H17Cl2FN4O. The molecule has 30 heavy (non-hydrogen) atoms. The monoisotopic (exact) mass is 442 g/mol. The van der Waals surface area contributed by atoms with Crippen LogP contribution >= 0.6 is 23.2 Å². The van der Waals surface area contributed by atoms with Crippen LogP contribution in [0.5, 0.6) is 0 Å². The van der Waals surface area contributed by atoms with E-state index in [0.717, 1.165) is 29.4 Å². The van der Waals surface area contributed by atoms with E-state index in [1.807, 2.05) is 17.0 Å². The molecule has 152 valence electrons. The molecule has 2 unspecified atom stereocenters. The molecule has 3 aromatic rings. The zero-order chi connectivity index (χ0) is 21.0. The second-order valence-corrected chi connectivity index (χ2v) is 8.57. The van der Waals surface area contributed by atoms with Gasteiger partial charge in [-0.2, -0.15) is 0 Å². The molecule has 2 atom stereocenters. The van der Waals surface area contributed by atoms with E-state index >= 15 is 0 Å². The SMILES string of the molecule is C=CC(=O)N1CC2CC2(c2ccc3ncnc(Nc4ccc(Cl)c(Cl)c4F)c3c2)C1. The van der Waals surface area contributed by atoms with Gasteiger partial charge in [0.25, 0.3) is 0 Å². The maximum atomic E-state index is 14.5. The minimum absolute atomic E-state index is 0.0388. The molecule has 2 fully saturated rings. The van der Waals surface area contributed by atoms with Crippen molar-refractivity contribution in [2.24, 2.45) is 5.92 Å². The molecular weight excluding hydrogens is 426 g/mol. The molecule has 2 heterocycles. The molecule has 1 aliphatic heterocycles. The maximum absolute atomic E-state index is 14.5. The first-order chi connectivity index (χ1) is 14.4. The Morgan fingerprint density at radius 3 is 2.93 bits per heavy atom. The highest BCUT2D eigenvalue weighted by molar-refractivity contribution is 6.42. The van der Waals surface area contributed by atoms with E-state index < -0.39 is 5.82 Å². The Morgan fingerprint density at radius 2 is 2.13 bits per heavy atom. The number of nitrogens with one attached hydrogen (secondary N) is 1. The summed E-state index contributed by atoms with van der Waals surface area (Å²) in [4.78, 5) is 22.5. The van der Waals surface area contributed by atoms with Crippen molar-refractivity contribution in [3.05, 3.63) is 70.7 Å². The van der Waals surface area contributed by atoms with Crippen LogP contribution in [-0.4, -0.2) is 33.9 Å². The minimum Gasteiger partial charge on any atom is -0.338 e. The van der Waals surface area contributed by atoms with Crippen molar-refractivity contribution in [3.63, 3.8) is 0 Å². The topological polar surface area (TPSA) is 58.1 Å². The molecule has 8 heteroatoms. The van der Waals surface area contributed by atoms with Gasteiger partial charge in [-0.15, -0.1) is 0 Å². The van der Waals surface area contributed by atoms with Gasteiger partial charge in [0.05, 0.1) is 21.2 Å². The molecule has 0 radical (unpaired) electrons. The summed E-state index contributed by atoms with van der Waals surface area (Å²) in [6.45, 7) is 5.00. The molecule has 2 aliphatic rings. The number of piperidine rings is 1. The number of aromatic nitrogens is 2. The molecule has 0 spiro atoms. The van der Waals surface area contributed by atoms with Crippen molar-refractivity contribution >= 4 is 51.5 Å². The number of rotatable bonds is 4. The fraction of sp³-hybridized carbons (Fsp3) is 0.227. The summed E-state index contributed by atoms with van der Waals surface area (Å²) in [5.74, 6) is 0.239. The lowest BCUT2D eigenvalue weighted by atomic mass is 9.93. The van der Waals surface area contributed by atoms with Crippen LogP contribution < -0.4 is 5.32 Å². The van der Waals surface area contributed by atoms with Crippen molar-refractivity contribution in [2.45, 2.75) is 11.8 Å². The highest BCUT2D eigenvalue weighted by atomic mass is 35.5. The first-order valence-corrected chi connectivity index (χ1v) is 10.3. The van der Waals surface area contributed by atoms with E-state index in [4.69, 9.17) is 23.2 Å². The summed E-state index contributed by atoms with van der Waals surface area (Å²) < 4.78 is 14.5. The van der Waals surface area contributed by atoms with Gasteiger partial charge in [0.2, 0.25) is 5.91 Å². The normalized spacial score (nSPS) is 22.1. The van der Waals surface area contributed by atoms with Crippen molar-refractivity contribution in [1.82, 2.24) is 14.9 Å². The first-order valence-electron chi connectivity index (χ1n) is 9.50. The Labute approximate surface area is 182 Å². The summed E-state index contributed by atoms with van der Waals surface area (Å²) in [5, 5.41) is 3.79. The summed E-state index contributed by atoms with van der Waals surface area (Å²) in [6, 6.07) is 9.08. The van der Waals surface area contributed by atoms with Gasteiger partial charge in [0, 0.05) is 23.9 Å². The predicted octanol–water partition coefficient (Wildman–Crippen LogP) is 5.11. The number of halogens is 3. The Balaban J connectivity index is 1.52. The predicted molar refractivity (Wildman–Crippen MR) is 116 cm³/mol. The third-order valence-corrected chi connectivity index (χ3v) is 6.91. The Morgan fingerprint density at radius 1 is 1.30 bits per heavy atom. The Bertz CT molecular complexity index is 1220. The van der Waals surface area contributed by atoms with Crippen LogP contribution in [0.15, 0.2) is 49.3 Å². The number of anilines is 2. The van der Waals surface area contributed by atoms with Crippen molar-refractivity contribution < 1.29 is 9.18 Å². The number of hydrogen-bond donors (Lipinski definition) is 1. The molecule has 5 nitrogen and oxygen atoms in total. The smallest absolute Gasteiger partial charge is 0.245 e. The van der Waals surface area contributed by atoms with E-state index in [9.17, 15) is 9.18 Å². The number of fused-ring (bicyclic) bond motifs is 2. The van der Waals surface area contributed by atoms with Crippen molar-refractivity contribution in [2.75, 3.05) is 18.4 Å². The van der Waals surface area contributed by atoms with Crippen molar-refractivity contribution in [3.8, 4) is 0 Å². The van der Waals surface area contributed by atoms with Crippen LogP contribution in [0.2, 0.25) is 10.0 Å². The number of hydrogen-bond acceptors (Lipinski definition) is 4. The third-order valence-electron chi connectivity index (χ3n) is 6.13. The Hall–Kier alpha value is -2.70. The molecule has 1 N–H and O–H groups in total. The quantitative estimate of drug-likeness (QED) is 0.450. The second-order valence-electron chi connectivity index (χ2n) is 7.78. The van der Waals surface area contributed by atoms with Crippen LogP contribution in [0.1, 0.15) is 12.0 Å². The number of benzene rings is 2. The number of nitrogens with zero attached hydrogens (tertiary/aromatic N) is 3. The van der Waals surface area contributed by atoms with Gasteiger partial charge in [-0.25, -0.2) is 14.4 Å². The standard InChI is InChI=1S/C22H17Cl2FN4O/c1-2-18(30)29-9-13-8-22(13,10-29)12-3-5-16-14(7-12)21(27-11-26-16)28-17-6-4-15(23)19(24)20(17)25/h2-7,11,13H,1,8-10H2,(H,26,27,28). The van der Waals surface area contributed by atoms with Gasteiger partial charge in [-0.05, 0) is 48.2 Å². The number of carbonyl (C=O) groups is 1. The van der Waals surface area contributed by atoms with Crippen LogP contribution in [0.4, 0.5) is 15.9 Å².